The molecule has 3 aromatic rings. The van der Waals surface area contributed by atoms with Crippen LogP contribution in [0.5, 0.6) is 5.75 Å². The summed E-state index contributed by atoms with van der Waals surface area (Å²) in [7, 11) is 1.74. The van der Waals surface area contributed by atoms with Crippen molar-refractivity contribution in [1.82, 2.24) is 25.1 Å². The molecule has 0 fully saturated rings. The average Bonchev–Trinajstić information content (AvgIpc) is 3.17. The fourth-order valence-electron chi connectivity index (χ4n) is 2.19. The number of halogens is 1. The lowest BCUT2D eigenvalue weighted by Gasteiger charge is -2.17. The summed E-state index contributed by atoms with van der Waals surface area (Å²) < 4.78 is 7.13. The monoisotopic (exact) mass is 357 g/mol. The van der Waals surface area contributed by atoms with E-state index in [1.165, 1.54) is 11.0 Å². The van der Waals surface area contributed by atoms with Crippen LogP contribution in [0, 0.1) is 0 Å². The van der Waals surface area contributed by atoms with E-state index in [0.717, 1.165) is 11.4 Å². The fourth-order valence-corrected chi connectivity index (χ4v) is 2.32. The Hall–Kier alpha value is -2.93. The number of ether oxygens (including phenoxy) is 1. The molecule has 7 nitrogen and oxygen atoms in total. The normalized spacial score (nSPS) is 10.5. The van der Waals surface area contributed by atoms with Crippen LogP contribution < -0.4 is 4.74 Å². The van der Waals surface area contributed by atoms with Gasteiger partial charge in [0.1, 0.15) is 18.7 Å². The van der Waals surface area contributed by atoms with Crippen LogP contribution in [0.15, 0.2) is 54.9 Å². The van der Waals surface area contributed by atoms with Crippen molar-refractivity contribution in [2.24, 2.45) is 0 Å². The van der Waals surface area contributed by atoms with Crippen molar-refractivity contribution < 1.29 is 9.53 Å². The molecule has 25 heavy (non-hydrogen) atoms. The van der Waals surface area contributed by atoms with Crippen LogP contribution in [-0.4, -0.2) is 51.2 Å². The molecule has 128 valence electrons. The maximum atomic E-state index is 12.4. The van der Waals surface area contributed by atoms with E-state index in [1.807, 2.05) is 0 Å². The number of carbonyl (C=O) groups excluding carboxylic acids is 1. The molecule has 0 unspecified atom stereocenters. The molecule has 0 atom stereocenters. The number of nitrogens with zero attached hydrogens (tertiary/aromatic N) is 5. The molecular weight excluding hydrogens is 342 g/mol. The molecule has 0 aliphatic heterocycles. The number of hydrogen-bond acceptors (Lipinski definition) is 5. The van der Waals surface area contributed by atoms with Crippen molar-refractivity contribution in [1.29, 1.82) is 0 Å². The molecule has 0 N–H and O–H groups in total. The van der Waals surface area contributed by atoms with E-state index in [1.54, 1.807) is 60.5 Å². The van der Waals surface area contributed by atoms with Crippen molar-refractivity contribution >= 4 is 17.5 Å². The van der Waals surface area contributed by atoms with Crippen LogP contribution in [-0.2, 0) is 0 Å². The zero-order valence-corrected chi connectivity index (χ0v) is 14.3. The molecular formula is C17H16ClN5O2. The van der Waals surface area contributed by atoms with Crippen LogP contribution in [0.1, 0.15) is 10.4 Å². The van der Waals surface area contributed by atoms with E-state index in [9.17, 15) is 4.79 Å². The Morgan fingerprint density at radius 2 is 1.88 bits per heavy atom. The smallest absolute Gasteiger partial charge is 0.253 e. The standard InChI is InChI=1S/C17H16ClN5O2/c1-22(10-11-25-16-8-4-14(18)5-9-16)17(24)13-2-6-15(7-3-13)23-12-19-20-21-23/h2-9,12H,10-11H2,1H3. The Labute approximate surface area is 149 Å². The molecule has 0 saturated heterocycles. The molecule has 1 aromatic heterocycles. The highest BCUT2D eigenvalue weighted by atomic mass is 35.5. The molecule has 8 heteroatoms. The van der Waals surface area contributed by atoms with Gasteiger partial charge in [-0.05, 0) is 59.0 Å². The Morgan fingerprint density at radius 3 is 2.52 bits per heavy atom. The van der Waals surface area contributed by atoms with Crippen molar-refractivity contribution in [2.75, 3.05) is 20.2 Å². The molecule has 0 aliphatic rings. The van der Waals surface area contributed by atoms with Gasteiger partial charge in [0, 0.05) is 17.6 Å². The van der Waals surface area contributed by atoms with E-state index in [4.69, 9.17) is 16.3 Å². The summed E-state index contributed by atoms with van der Waals surface area (Å²) in [5.41, 5.74) is 1.38. The predicted molar refractivity (Wildman–Crippen MR) is 93.1 cm³/mol. The summed E-state index contributed by atoms with van der Waals surface area (Å²) in [6.07, 6.45) is 1.50. The summed E-state index contributed by atoms with van der Waals surface area (Å²) in [4.78, 5) is 14.0. The second kappa shape index (κ2) is 7.76. The highest BCUT2D eigenvalue weighted by Gasteiger charge is 2.12. The van der Waals surface area contributed by atoms with Gasteiger partial charge in [-0.3, -0.25) is 4.79 Å². The molecule has 2 aromatic carbocycles. The second-order valence-corrected chi connectivity index (χ2v) is 5.77. The number of tetrazole rings is 1. The fraction of sp³-hybridized carbons (Fsp3) is 0.176. The minimum atomic E-state index is -0.0806. The van der Waals surface area contributed by atoms with Crippen molar-refractivity contribution in [3.63, 3.8) is 0 Å². The lowest BCUT2D eigenvalue weighted by molar-refractivity contribution is 0.0774. The van der Waals surface area contributed by atoms with Crippen LogP contribution in [0.3, 0.4) is 0 Å². The van der Waals surface area contributed by atoms with Crippen LogP contribution in [0.4, 0.5) is 0 Å². The summed E-state index contributed by atoms with van der Waals surface area (Å²) in [6, 6.07) is 14.2. The first-order chi connectivity index (χ1) is 12.1. The first kappa shape index (κ1) is 16.9. The van der Waals surface area contributed by atoms with Gasteiger partial charge in [-0.25, -0.2) is 4.68 Å². The van der Waals surface area contributed by atoms with Gasteiger partial charge >= 0.3 is 0 Å². The number of rotatable bonds is 6. The number of hydrogen-bond donors (Lipinski definition) is 0. The van der Waals surface area contributed by atoms with E-state index >= 15 is 0 Å². The summed E-state index contributed by atoms with van der Waals surface area (Å²) >= 11 is 5.83. The van der Waals surface area contributed by atoms with E-state index in [0.29, 0.717) is 23.7 Å². The predicted octanol–water partition coefficient (Wildman–Crippen LogP) is 2.47. The highest BCUT2D eigenvalue weighted by Crippen LogP contribution is 2.15. The summed E-state index contributed by atoms with van der Waals surface area (Å²) in [5.74, 6) is 0.638. The maximum absolute atomic E-state index is 12.4. The van der Waals surface area contributed by atoms with Gasteiger partial charge in [-0.2, -0.15) is 0 Å². The topological polar surface area (TPSA) is 73.1 Å². The second-order valence-electron chi connectivity index (χ2n) is 5.33. The zero-order valence-electron chi connectivity index (χ0n) is 13.5. The van der Waals surface area contributed by atoms with Gasteiger partial charge in [-0.1, -0.05) is 11.6 Å². The Morgan fingerprint density at radius 1 is 1.16 bits per heavy atom. The number of benzene rings is 2. The van der Waals surface area contributed by atoms with Gasteiger partial charge in [0.25, 0.3) is 5.91 Å². The molecule has 0 bridgehead atoms. The minimum Gasteiger partial charge on any atom is -0.492 e. The Kier molecular flexibility index (Phi) is 5.25. The van der Waals surface area contributed by atoms with Crippen molar-refractivity contribution in [3.8, 4) is 11.4 Å². The lowest BCUT2D eigenvalue weighted by atomic mass is 10.2. The zero-order chi connectivity index (χ0) is 17.6. The molecule has 1 amide bonds. The van der Waals surface area contributed by atoms with Gasteiger partial charge in [0.05, 0.1) is 12.2 Å². The molecule has 0 aliphatic carbocycles. The third-order valence-corrected chi connectivity index (χ3v) is 3.84. The quantitative estimate of drug-likeness (QED) is 0.677. The number of carbonyl (C=O) groups is 1. The van der Waals surface area contributed by atoms with E-state index in [2.05, 4.69) is 15.5 Å². The molecule has 3 rings (SSSR count). The molecule has 1 heterocycles. The largest absolute Gasteiger partial charge is 0.492 e. The number of aromatic nitrogens is 4. The van der Waals surface area contributed by atoms with Gasteiger partial charge in [0.15, 0.2) is 0 Å². The van der Waals surface area contributed by atoms with Crippen LogP contribution in [0.2, 0.25) is 5.02 Å². The molecule has 0 radical (unpaired) electrons. The van der Waals surface area contributed by atoms with Crippen LogP contribution in [0.25, 0.3) is 5.69 Å². The summed E-state index contributed by atoms with van der Waals surface area (Å²) in [6.45, 7) is 0.864. The third kappa shape index (κ3) is 4.33. The SMILES string of the molecule is CN(CCOc1ccc(Cl)cc1)C(=O)c1ccc(-n2cnnn2)cc1. The number of amides is 1. The summed E-state index contributed by atoms with van der Waals surface area (Å²) in [5, 5.41) is 11.6. The number of likely N-dealkylation sites (N-methyl/N-ethyl adjacent to an activating group) is 1. The molecule has 0 saturated carbocycles. The minimum absolute atomic E-state index is 0.0806. The third-order valence-electron chi connectivity index (χ3n) is 3.58. The molecule has 0 spiro atoms. The van der Waals surface area contributed by atoms with E-state index < -0.39 is 0 Å². The highest BCUT2D eigenvalue weighted by molar-refractivity contribution is 6.30. The first-order valence-corrected chi connectivity index (χ1v) is 7.98. The van der Waals surface area contributed by atoms with Crippen molar-refractivity contribution in [3.05, 3.63) is 65.4 Å². The Bertz CT molecular complexity index is 819. The van der Waals surface area contributed by atoms with Gasteiger partial charge < -0.3 is 9.64 Å². The first-order valence-electron chi connectivity index (χ1n) is 7.61. The Balaban J connectivity index is 1.54. The van der Waals surface area contributed by atoms with Gasteiger partial charge in [0.2, 0.25) is 0 Å². The maximum Gasteiger partial charge on any atom is 0.253 e. The van der Waals surface area contributed by atoms with Crippen molar-refractivity contribution in [2.45, 2.75) is 0 Å². The average molecular weight is 358 g/mol. The van der Waals surface area contributed by atoms with Crippen LogP contribution >= 0.6 is 11.6 Å². The van der Waals surface area contributed by atoms with E-state index in [-0.39, 0.29) is 5.91 Å². The van der Waals surface area contributed by atoms with Gasteiger partial charge in [-0.15, -0.1) is 5.10 Å². The lowest BCUT2D eigenvalue weighted by Crippen LogP contribution is -2.30.